The number of hydrogen-bond donors (Lipinski definition) is 3. The number of hydrogen-bond acceptors (Lipinski definition) is 3. The van der Waals surface area contributed by atoms with Gasteiger partial charge in [-0.1, -0.05) is 6.07 Å². The van der Waals surface area contributed by atoms with Gasteiger partial charge in [0.2, 0.25) is 0 Å². The van der Waals surface area contributed by atoms with Crippen molar-refractivity contribution in [2.24, 2.45) is 0 Å². The molecule has 0 aliphatic rings. The van der Waals surface area contributed by atoms with E-state index in [9.17, 15) is 9.59 Å². The number of benzene rings is 2. The Morgan fingerprint density at radius 2 is 1.92 bits per heavy atom. The minimum atomic E-state index is -0.676. The van der Waals surface area contributed by atoms with Gasteiger partial charge in [-0.25, -0.2) is 4.79 Å². The van der Waals surface area contributed by atoms with Gasteiger partial charge in [-0.15, -0.1) is 0 Å². The number of aromatic amines is 2. The fourth-order valence-electron chi connectivity index (χ4n) is 2.30. The number of carbonyl (C=O) groups is 1. The van der Waals surface area contributed by atoms with E-state index >= 15 is 0 Å². The van der Waals surface area contributed by atoms with Crippen LogP contribution in [0.5, 0.6) is 5.75 Å². The fraction of sp³-hybridized carbons (Fsp3) is 0.176. The number of aromatic nitrogens is 2. The van der Waals surface area contributed by atoms with Gasteiger partial charge >= 0.3 is 5.69 Å². The molecule has 3 rings (SSSR count). The van der Waals surface area contributed by atoms with Crippen LogP contribution in [-0.4, -0.2) is 22.0 Å². The minimum absolute atomic E-state index is 0.278. The molecule has 3 N–H and O–H groups in total. The molecule has 1 atom stereocenters. The lowest BCUT2D eigenvalue weighted by Gasteiger charge is -2.16. The van der Waals surface area contributed by atoms with Gasteiger partial charge in [0.15, 0.2) is 6.10 Å². The lowest BCUT2D eigenvalue weighted by molar-refractivity contribution is -0.122. The largest absolute Gasteiger partial charge is 0.480 e. The average molecular weight is 390 g/mol. The van der Waals surface area contributed by atoms with Gasteiger partial charge in [-0.3, -0.25) is 4.79 Å². The van der Waals surface area contributed by atoms with E-state index in [1.165, 1.54) is 0 Å². The molecule has 1 aromatic heterocycles. The number of H-pyrrole nitrogens is 2. The van der Waals surface area contributed by atoms with Crippen LogP contribution in [0.2, 0.25) is 0 Å². The molecule has 0 unspecified atom stereocenters. The van der Waals surface area contributed by atoms with E-state index < -0.39 is 6.10 Å². The molecule has 0 aliphatic carbocycles. The molecule has 24 heavy (non-hydrogen) atoms. The molecule has 3 aromatic rings. The highest BCUT2D eigenvalue weighted by atomic mass is 79.9. The Labute approximate surface area is 146 Å². The van der Waals surface area contributed by atoms with Crippen molar-refractivity contribution in [2.75, 3.05) is 5.32 Å². The molecule has 0 radical (unpaired) electrons. The van der Waals surface area contributed by atoms with E-state index in [4.69, 9.17) is 4.74 Å². The van der Waals surface area contributed by atoms with Crippen LogP contribution < -0.4 is 15.7 Å². The molecule has 0 saturated heterocycles. The van der Waals surface area contributed by atoms with Crippen LogP contribution >= 0.6 is 15.9 Å². The van der Waals surface area contributed by atoms with E-state index in [2.05, 4.69) is 31.2 Å². The molecule has 7 heteroatoms. The van der Waals surface area contributed by atoms with E-state index in [1.54, 1.807) is 25.1 Å². The predicted octanol–water partition coefficient (Wildman–Crippen LogP) is 3.33. The summed E-state index contributed by atoms with van der Waals surface area (Å²) in [7, 11) is 0. The van der Waals surface area contributed by atoms with Crippen LogP contribution in [0.25, 0.3) is 11.0 Å². The summed E-state index contributed by atoms with van der Waals surface area (Å²) in [5, 5.41) is 2.78. The van der Waals surface area contributed by atoms with Crippen molar-refractivity contribution >= 4 is 38.6 Å². The molecule has 1 amide bonds. The van der Waals surface area contributed by atoms with Crippen molar-refractivity contribution in [2.45, 2.75) is 20.0 Å². The highest BCUT2D eigenvalue weighted by molar-refractivity contribution is 9.10. The Balaban J connectivity index is 1.71. The van der Waals surface area contributed by atoms with Gasteiger partial charge in [0.05, 0.1) is 15.5 Å². The summed E-state index contributed by atoms with van der Waals surface area (Å²) < 4.78 is 6.50. The molecule has 124 valence electrons. The second-order valence-electron chi connectivity index (χ2n) is 5.52. The quantitative estimate of drug-likeness (QED) is 0.639. The number of rotatable bonds is 4. The molecule has 0 aliphatic heterocycles. The molecule has 0 bridgehead atoms. The summed E-state index contributed by atoms with van der Waals surface area (Å²) in [4.78, 5) is 28.9. The van der Waals surface area contributed by atoms with Gasteiger partial charge in [0.25, 0.3) is 5.91 Å². The number of imidazole rings is 1. The number of ether oxygens (including phenoxy) is 1. The second kappa shape index (κ2) is 6.52. The van der Waals surface area contributed by atoms with Crippen molar-refractivity contribution in [3.8, 4) is 5.75 Å². The van der Waals surface area contributed by atoms with Crippen molar-refractivity contribution < 1.29 is 9.53 Å². The Hall–Kier alpha value is -2.54. The summed E-state index contributed by atoms with van der Waals surface area (Å²) in [5.41, 5.74) is 2.72. The van der Waals surface area contributed by atoms with Gasteiger partial charge in [-0.05, 0) is 65.7 Å². The summed E-state index contributed by atoms with van der Waals surface area (Å²) in [5.74, 6) is 0.327. The zero-order chi connectivity index (χ0) is 17.3. The Morgan fingerprint density at radius 3 is 2.67 bits per heavy atom. The van der Waals surface area contributed by atoms with Gasteiger partial charge in [-0.2, -0.15) is 0 Å². The Bertz CT molecular complexity index is 961. The maximum Gasteiger partial charge on any atom is 0.323 e. The fourth-order valence-corrected chi connectivity index (χ4v) is 2.89. The first-order valence-corrected chi connectivity index (χ1v) is 8.17. The SMILES string of the molecule is Cc1ccc(O[C@H](C)C(=O)Nc2ccc3[nH]c(=O)[nH]c3c2)c(Br)c1. The first-order valence-electron chi connectivity index (χ1n) is 7.38. The summed E-state index contributed by atoms with van der Waals surface area (Å²) in [6, 6.07) is 10.8. The van der Waals surface area contributed by atoms with Gasteiger partial charge in [0.1, 0.15) is 5.75 Å². The number of carbonyl (C=O) groups excluding carboxylic acids is 1. The Morgan fingerprint density at radius 1 is 1.17 bits per heavy atom. The van der Waals surface area contributed by atoms with Crippen molar-refractivity contribution in [3.63, 3.8) is 0 Å². The summed E-state index contributed by atoms with van der Waals surface area (Å²) in [6.07, 6.45) is -0.676. The van der Waals surface area contributed by atoms with E-state index in [1.807, 2.05) is 25.1 Å². The van der Waals surface area contributed by atoms with E-state index in [0.717, 1.165) is 10.0 Å². The molecule has 6 nitrogen and oxygen atoms in total. The van der Waals surface area contributed by atoms with Crippen LogP contribution in [0, 0.1) is 6.92 Å². The second-order valence-corrected chi connectivity index (χ2v) is 6.38. The van der Waals surface area contributed by atoms with Crippen LogP contribution in [0.3, 0.4) is 0 Å². The summed E-state index contributed by atoms with van der Waals surface area (Å²) >= 11 is 3.43. The maximum atomic E-state index is 12.3. The smallest absolute Gasteiger partial charge is 0.323 e. The van der Waals surface area contributed by atoms with Gasteiger partial charge in [0, 0.05) is 5.69 Å². The monoisotopic (exact) mass is 389 g/mol. The number of anilines is 1. The van der Waals surface area contributed by atoms with Crippen molar-refractivity contribution in [3.05, 3.63) is 56.9 Å². The normalized spacial score (nSPS) is 12.1. The highest BCUT2D eigenvalue weighted by Gasteiger charge is 2.16. The van der Waals surface area contributed by atoms with Crippen LogP contribution in [0.1, 0.15) is 12.5 Å². The average Bonchev–Trinajstić information content (AvgIpc) is 2.89. The maximum absolute atomic E-state index is 12.3. The number of aryl methyl sites for hydroxylation is 1. The molecular weight excluding hydrogens is 374 g/mol. The molecule has 0 spiro atoms. The van der Waals surface area contributed by atoms with E-state index in [-0.39, 0.29) is 11.6 Å². The van der Waals surface area contributed by atoms with E-state index in [0.29, 0.717) is 22.5 Å². The minimum Gasteiger partial charge on any atom is -0.480 e. The van der Waals surface area contributed by atoms with Crippen LogP contribution in [0.4, 0.5) is 5.69 Å². The zero-order valence-corrected chi connectivity index (χ0v) is 14.7. The standard InChI is InChI=1S/C17H16BrN3O3/c1-9-3-6-15(12(18)7-9)24-10(2)16(22)19-11-4-5-13-14(8-11)21-17(23)20-13/h3-8,10H,1-2H3,(H,19,22)(H2,20,21,23)/t10-/m1/s1. The third kappa shape index (κ3) is 3.51. The molecule has 1 heterocycles. The number of amides is 1. The predicted molar refractivity (Wildman–Crippen MR) is 96.5 cm³/mol. The number of fused-ring (bicyclic) bond motifs is 1. The van der Waals surface area contributed by atoms with Crippen molar-refractivity contribution in [1.82, 2.24) is 9.97 Å². The molecule has 2 aromatic carbocycles. The van der Waals surface area contributed by atoms with Crippen LogP contribution in [0.15, 0.2) is 45.7 Å². The molecule has 0 saturated carbocycles. The van der Waals surface area contributed by atoms with Gasteiger partial charge < -0.3 is 20.0 Å². The van der Waals surface area contributed by atoms with Crippen LogP contribution in [-0.2, 0) is 4.79 Å². The lowest BCUT2D eigenvalue weighted by atomic mass is 10.2. The first kappa shape index (κ1) is 16.3. The van der Waals surface area contributed by atoms with Crippen molar-refractivity contribution in [1.29, 1.82) is 0 Å². The Kier molecular flexibility index (Phi) is 4.44. The molecular formula is C17H16BrN3O3. The zero-order valence-electron chi connectivity index (χ0n) is 13.1. The summed E-state index contributed by atoms with van der Waals surface area (Å²) in [6.45, 7) is 3.66. The first-order chi connectivity index (χ1) is 11.4. The topological polar surface area (TPSA) is 87.0 Å². The lowest BCUT2D eigenvalue weighted by Crippen LogP contribution is -2.30. The third-order valence-corrected chi connectivity index (χ3v) is 4.16. The highest BCUT2D eigenvalue weighted by Crippen LogP contribution is 2.27. The number of nitrogens with one attached hydrogen (secondary N) is 3. The third-order valence-electron chi connectivity index (χ3n) is 3.54. The molecule has 0 fully saturated rings. The number of halogens is 1.